The van der Waals surface area contributed by atoms with E-state index in [9.17, 15) is 0 Å². The highest BCUT2D eigenvalue weighted by atomic mass is 15.1. The van der Waals surface area contributed by atoms with Gasteiger partial charge in [0.1, 0.15) is 0 Å². The molecule has 1 heteroatoms. The maximum Gasteiger partial charge on any atom is 0.0363 e. The molecular weight excluding hydrogens is 182 g/mol. The van der Waals surface area contributed by atoms with Gasteiger partial charge in [-0.15, -0.1) is 0 Å². The Bertz CT molecular complexity index is 362. The lowest BCUT2D eigenvalue weighted by Crippen LogP contribution is -2.08. The second kappa shape index (κ2) is 5.40. The van der Waals surface area contributed by atoms with E-state index in [1.54, 1.807) is 0 Å². The standard InChI is InChI=1S/C14H19N/c1-5-6-7-8-13-9-10-14(15(3)4)11-12(13)2/h5-7,9-11H,1,8H2,2-4H3. The Morgan fingerprint density at radius 1 is 1.33 bits per heavy atom. The third-order valence-electron chi connectivity index (χ3n) is 2.45. The summed E-state index contributed by atoms with van der Waals surface area (Å²) in [4.78, 5) is 2.12. The number of rotatable bonds is 4. The van der Waals surface area contributed by atoms with E-state index in [2.05, 4.69) is 56.8 Å². The molecule has 0 spiro atoms. The molecular formula is C14H19N. The molecule has 0 aliphatic carbocycles. The number of aryl methyl sites for hydroxylation is 1. The van der Waals surface area contributed by atoms with Gasteiger partial charge in [0.25, 0.3) is 0 Å². The predicted molar refractivity (Wildman–Crippen MR) is 68.5 cm³/mol. The van der Waals surface area contributed by atoms with E-state index < -0.39 is 0 Å². The van der Waals surface area contributed by atoms with Gasteiger partial charge >= 0.3 is 0 Å². The van der Waals surface area contributed by atoms with Gasteiger partial charge in [0.15, 0.2) is 0 Å². The first-order valence-corrected chi connectivity index (χ1v) is 5.19. The molecule has 0 radical (unpaired) electrons. The molecule has 0 saturated carbocycles. The van der Waals surface area contributed by atoms with E-state index in [1.807, 2.05) is 12.2 Å². The van der Waals surface area contributed by atoms with Crippen LogP contribution in [0.5, 0.6) is 0 Å². The van der Waals surface area contributed by atoms with Crippen LogP contribution in [-0.2, 0) is 6.42 Å². The summed E-state index contributed by atoms with van der Waals surface area (Å²) >= 11 is 0. The molecule has 0 N–H and O–H groups in total. The molecule has 1 rings (SSSR count). The fourth-order valence-electron chi connectivity index (χ4n) is 1.48. The molecule has 1 aromatic rings. The molecule has 0 unspecified atom stereocenters. The van der Waals surface area contributed by atoms with Crippen LogP contribution >= 0.6 is 0 Å². The van der Waals surface area contributed by atoms with Crippen LogP contribution in [0.2, 0.25) is 0 Å². The minimum atomic E-state index is 0.978. The second-order valence-electron chi connectivity index (χ2n) is 3.87. The summed E-state index contributed by atoms with van der Waals surface area (Å²) < 4.78 is 0. The second-order valence-corrected chi connectivity index (χ2v) is 3.87. The molecule has 1 nitrogen and oxygen atoms in total. The fourth-order valence-corrected chi connectivity index (χ4v) is 1.48. The lowest BCUT2D eigenvalue weighted by molar-refractivity contribution is 1.11. The topological polar surface area (TPSA) is 3.24 Å². The highest BCUT2D eigenvalue weighted by Crippen LogP contribution is 2.17. The molecule has 0 aliphatic heterocycles. The first-order valence-electron chi connectivity index (χ1n) is 5.19. The first-order chi connectivity index (χ1) is 7.15. The molecule has 0 fully saturated rings. The molecule has 0 saturated heterocycles. The molecule has 0 aromatic heterocycles. The summed E-state index contributed by atoms with van der Waals surface area (Å²) in [5.41, 5.74) is 3.97. The van der Waals surface area contributed by atoms with Crippen molar-refractivity contribution in [2.75, 3.05) is 19.0 Å². The fraction of sp³-hybridized carbons (Fsp3) is 0.286. The monoisotopic (exact) mass is 201 g/mol. The number of allylic oxidation sites excluding steroid dienone is 3. The van der Waals surface area contributed by atoms with Crippen molar-refractivity contribution in [3.05, 3.63) is 54.1 Å². The van der Waals surface area contributed by atoms with Crippen LogP contribution < -0.4 is 4.90 Å². The average Bonchev–Trinajstić information content (AvgIpc) is 2.20. The Balaban J connectivity index is 2.83. The van der Waals surface area contributed by atoms with E-state index in [-0.39, 0.29) is 0 Å². The highest BCUT2D eigenvalue weighted by molar-refractivity contribution is 5.49. The van der Waals surface area contributed by atoms with Crippen molar-refractivity contribution >= 4 is 5.69 Å². The van der Waals surface area contributed by atoms with Crippen molar-refractivity contribution in [2.24, 2.45) is 0 Å². The van der Waals surface area contributed by atoms with Crippen LogP contribution in [0.3, 0.4) is 0 Å². The normalized spacial score (nSPS) is 10.6. The van der Waals surface area contributed by atoms with Crippen molar-refractivity contribution in [3.8, 4) is 0 Å². The van der Waals surface area contributed by atoms with Gasteiger partial charge in [0.05, 0.1) is 0 Å². The summed E-state index contributed by atoms with van der Waals surface area (Å²) in [6.07, 6.45) is 6.90. The number of nitrogens with zero attached hydrogens (tertiary/aromatic N) is 1. The van der Waals surface area contributed by atoms with Crippen LogP contribution in [0.4, 0.5) is 5.69 Å². The van der Waals surface area contributed by atoms with Gasteiger partial charge in [0, 0.05) is 19.8 Å². The van der Waals surface area contributed by atoms with Crippen LogP contribution in [-0.4, -0.2) is 14.1 Å². The Kier molecular flexibility index (Phi) is 4.17. The summed E-state index contributed by atoms with van der Waals surface area (Å²) in [6.45, 7) is 5.81. The van der Waals surface area contributed by atoms with Crippen molar-refractivity contribution < 1.29 is 0 Å². The number of hydrogen-bond acceptors (Lipinski definition) is 1. The first kappa shape index (κ1) is 11.6. The minimum Gasteiger partial charge on any atom is -0.378 e. The van der Waals surface area contributed by atoms with Crippen molar-refractivity contribution in [1.82, 2.24) is 0 Å². The maximum absolute atomic E-state index is 3.66. The van der Waals surface area contributed by atoms with E-state index in [1.165, 1.54) is 16.8 Å². The van der Waals surface area contributed by atoms with Crippen LogP contribution in [0, 0.1) is 6.92 Å². The lowest BCUT2D eigenvalue weighted by atomic mass is 10.0. The third kappa shape index (κ3) is 3.28. The summed E-state index contributed by atoms with van der Waals surface area (Å²) in [6, 6.07) is 6.57. The van der Waals surface area contributed by atoms with Gasteiger partial charge in [-0.3, -0.25) is 0 Å². The Hall–Kier alpha value is -1.50. The van der Waals surface area contributed by atoms with Crippen molar-refractivity contribution in [3.63, 3.8) is 0 Å². The summed E-state index contributed by atoms with van der Waals surface area (Å²) in [5, 5.41) is 0. The molecule has 0 atom stereocenters. The summed E-state index contributed by atoms with van der Waals surface area (Å²) in [7, 11) is 4.12. The smallest absolute Gasteiger partial charge is 0.0363 e. The van der Waals surface area contributed by atoms with Gasteiger partial charge in [-0.1, -0.05) is 30.9 Å². The highest BCUT2D eigenvalue weighted by Gasteiger charge is 1.99. The number of benzene rings is 1. The molecule has 0 heterocycles. The van der Waals surface area contributed by atoms with E-state index >= 15 is 0 Å². The lowest BCUT2D eigenvalue weighted by Gasteiger charge is -2.14. The largest absolute Gasteiger partial charge is 0.378 e. The van der Waals surface area contributed by atoms with Crippen LogP contribution in [0.1, 0.15) is 11.1 Å². The van der Waals surface area contributed by atoms with Gasteiger partial charge < -0.3 is 4.90 Å². The maximum atomic E-state index is 3.66. The predicted octanol–water partition coefficient (Wildman–Crippen LogP) is 3.35. The molecule has 1 aromatic carbocycles. The molecule has 0 aliphatic rings. The van der Waals surface area contributed by atoms with Gasteiger partial charge in [-0.2, -0.15) is 0 Å². The van der Waals surface area contributed by atoms with Crippen molar-refractivity contribution in [1.29, 1.82) is 0 Å². The van der Waals surface area contributed by atoms with Crippen LogP contribution in [0.25, 0.3) is 0 Å². The zero-order valence-corrected chi connectivity index (χ0v) is 9.83. The SMILES string of the molecule is C=CC=CCc1ccc(N(C)C)cc1C. The summed E-state index contributed by atoms with van der Waals surface area (Å²) in [5.74, 6) is 0. The van der Waals surface area contributed by atoms with Crippen LogP contribution in [0.15, 0.2) is 43.0 Å². The Labute approximate surface area is 92.7 Å². The van der Waals surface area contributed by atoms with E-state index in [0.29, 0.717) is 0 Å². The van der Waals surface area contributed by atoms with Crippen molar-refractivity contribution in [2.45, 2.75) is 13.3 Å². The number of hydrogen-bond donors (Lipinski definition) is 0. The molecule has 0 amide bonds. The van der Waals surface area contributed by atoms with Gasteiger partial charge in [0.2, 0.25) is 0 Å². The van der Waals surface area contributed by atoms with Gasteiger partial charge in [-0.25, -0.2) is 0 Å². The Morgan fingerprint density at radius 3 is 2.60 bits per heavy atom. The zero-order chi connectivity index (χ0) is 11.3. The molecule has 0 bridgehead atoms. The van der Waals surface area contributed by atoms with E-state index in [0.717, 1.165) is 6.42 Å². The number of anilines is 1. The Morgan fingerprint density at radius 2 is 2.07 bits per heavy atom. The van der Waals surface area contributed by atoms with E-state index in [4.69, 9.17) is 0 Å². The molecule has 15 heavy (non-hydrogen) atoms. The minimum absolute atomic E-state index is 0.978. The third-order valence-corrected chi connectivity index (χ3v) is 2.45. The zero-order valence-electron chi connectivity index (χ0n) is 9.83. The molecule has 80 valence electrons. The quantitative estimate of drug-likeness (QED) is 0.675. The average molecular weight is 201 g/mol. The van der Waals surface area contributed by atoms with Gasteiger partial charge in [-0.05, 0) is 36.6 Å².